The molecule has 0 saturated carbocycles. The molecular weight excluding hydrogens is 212 g/mol. The van der Waals surface area contributed by atoms with E-state index < -0.39 is 5.79 Å². The highest BCUT2D eigenvalue weighted by Crippen LogP contribution is 2.27. The molecule has 2 nitrogen and oxygen atoms in total. The van der Waals surface area contributed by atoms with Gasteiger partial charge in [-0.3, -0.25) is 0 Å². The largest absolute Gasteiger partial charge is 0.362 e. The minimum Gasteiger partial charge on any atom is -0.362 e. The van der Waals surface area contributed by atoms with Crippen molar-refractivity contribution in [2.45, 2.75) is 19.6 Å². The number of hydrogen-bond acceptors (Lipinski definition) is 2. The fourth-order valence-electron chi connectivity index (χ4n) is 1.29. The van der Waals surface area contributed by atoms with Crippen molar-refractivity contribution >= 4 is 17.2 Å². The normalized spacial score (nSPS) is 14.7. The van der Waals surface area contributed by atoms with E-state index in [1.54, 1.807) is 31.2 Å². The fourth-order valence-corrected chi connectivity index (χ4v) is 1.41. The maximum atomic E-state index is 9.95. The molecule has 1 aromatic carbocycles. The Morgan fingerprint density at radius 2 is 2.00 bits per heavy atom. The number of hydrogen-bond donors (Lipinski definition) is 1. The Bertz CT molecular complexity index is 341. The van der Waals surface area contributed by atoms with Crippen LogP contribution in [0, 0.1) is 0 Å². The van der Waals surface area contributed by atoms with Gasteiger partial charge in [-0.25, -0.2) is 0 Å². The van der Waals surface area contributed by atoms with Crippen LogP contribution < -0.4 is 0 Å². The third-order valence-corrected chi connectivity index (χ3v) is 2.43. The summed E-state index contributed by atoms with van der Waals surface area (Å²) < 4.78 is 5.20. The molecule has 1 N–H and O–H groups in total. The monoisotopic (exact) mass is 226 g/mol. The van der Waals surface area contributed by atoms with Crippen molar-refractivity contribution in [3.8, 4) is 0 Å². The molecule has 15 heavy (non-hydrogen) atoms. The summed E-state index contributed by atoms with van der Waals surface area (Å²) in [4.78, 5) is 0. The molecule has 0 radical (unpaired) electrons. The second-order valence-corrected chi connectivity index (χ2v) is 3.84. The van der Waals surface area contributed by atoms with Crippen LogP contribution in [0.2, 0.25) is 5.02 Å². The van der Waals surface area contributed by atoms with Gasteiger partial charge in [0.05, 0.1) is 0 Å². The van der Waals surface area contributed by atoms with E-state index in [0.717, 1.165) is 5.56 Å². The molecule has 0 bridgehead atoms. The highest BCUT2D eigenvalue weighted by atomic mass is 35.5. The Hall–Kier alpha value is -0.830. The van der Waals surface area contributed by atoms with E-state index in [9.17, 15) is 5.11 Å². The first kappa shape index (κ1) is 12.2. The zero-order valence-corrected chi connectivity index (χ0v) is 9.71. The van der Waals surface area contributed by atoms with Gasteiger partial charge in [-0.05, 0) is 31.5 Å². The highest BCUT2D eigenvalue weighted by Gasteiger charge is 2.25. The van der Waals surface area contributed by atoms with E-state index in [4.69, 9.17) is 16.3 Å². The molecule has 0 aromatic heterocycles. The lowest BCUT2D eigenvalue weighted by Crippen LogP contribution is -2.29. The summed E-state index contributed by atoms with van der Waals surface area (Å²) in [6, 6.07) is 7.12. The Balaban J connectivity index is 2.89. The summed E-state index contributed by atoms with van der Waals surface area (Å²) in [6.07, 6.45) is 0. The first-order valence-corrected chi connectivity index (χ1v) is 5.17. The standard InChI is InChI=1S/C12H15ClO2/c1-4-15-12(3,14)9(2)10-5-7-11(13)8-6-10/h5-8,14H,2,4H2,1,3H3. The Labute approximate surface area is 95.1 Å². The summed E-state index contributed by atoms with van der Waals surface area (Å²) in [5.74, 6) is -1.33. The number of rotatable bonds is 4. The summed E-state index contributed by atoms with van der Waals surface area (Å²) in [7, 11) is 0. The van der Waals surface area contributed by atoms with Crippen molar-refractivity contribution in [2.24, 2.45) is 0 Å². The van der Waals surface area contributed by atoms with Crippen molar-refractivity contribution < 1.29 is 9.84 Å². The van der Waals surface area contributed by atoms with Crippen LogP contribution >= 0.6 is 11.6 Å². The summed E-state index contributed by atoms with van der Waals surface area (Å²) in [5.41, 5.74) is 1.35. The van der Waals surface area contributed by atoms with Gasteiger partial charge < -0.3 is 9.84 Å². The quantitative estimate of drug-likeness (QED) is 0.800. The molecule has 82 valence electrons. The third kappa shape index (κ3) is 3.06. The highest BCUT2D eigenvalue weighted by molar-refractivity contribution is 6.30. The van der Waals surface area contributed by atoms with Gasteiger partial charge in [0, 0.05) is 17.2 Å². The van der Waals surface area contributed by atoms with Gasteiger partial charge in [0.15, 0.2) is 5.79 Å². The molecular formula is C12H15ClO2. The molecule has 1 unspecified atom stereocenters. The molecule has 1 atom stereocenters. The minimum atomic E-state index is -1.33. The van der Waals surface area contributed by atoms with Crippen molar-refractivity contribution in [3.05, 3.63) is 41.4 Å². The maximum Gasteiger partial charge on any atom is 0.189 e. The van der Waals surface area contributed by atoms with E-state index in [1.165, 1.54) is 0 Å². The van der Waals surface area contributed by atoms with Crippen LogP contribution in [0.25, 0.3) is 5.57 Å². The second kappa shape index (κ2) is 4.79. The van der Waals surface area contributed by atoms with E-state index in [2.05, 4.69) is 6.58 Å². The average Bonchev–Trinajstić information content (AvgIpc) is 2.18. The number of ether oxygens (including phenoxy) is 1. The molecule has 0 heterocycles. The van der Waals surface area contributed by atoms with Crippen molar-refractivity contribution in [2.75, 3.05) is 6.61 Å². The smallest absolute Gasteiger partial charge is 0.189 e. The number of benzene rings is 1. The Morgan fingerprint density at radius 1 is 1.47 bits per heavy atom. The molecule has 0 aliphatic heterocycles. The lowest BCUT2D eigenvalue weighted by Gasteiger charge is -2.25. The van der Waals surface area contributed by atoms with Crippen molar-refractivity contribution in [1.82, 2.24) is 0 Å². The molecule has 0 saturated heterocycles. The van der Waals surface area contributed by atoms with Gasteiger partial charge in [0.1, 0.15) is 0 Å². The molecule has 0 aliphatic rings. The van der Waals surface area contributed by atoms with Gasteiger partial charge in [0.25, 0.3) is 0 Å². The van der Waals surface area contributed by atoms with E-state index in [-0.39, 0.29) is 0 Å². The lowest BCUT2D eigenvalue weighted by molar-refractivity contribution is -0.140. The summed E-state index contributed by atoms with van der Waals surface area (Å²) in [6.45, 7) is 7.66. The second-order valence-electron chi connectivity index (χ2n) is 3.40. The first-order valence-electron chi connectivity index (χ1n) is 4.79. The fraction of sp³-hybridized carbons (Fsp3) is 0.333. The van der Waals surface area contributed by atoms with Gasteiger partial charge in [0.2, 0.25) is 0 Å². The van der Waals surface area contributed by atoms with Crippen LogP contribution in [0.1, 0.15) is 19.4 Å². The van der Waals surface area contributed by atoms with Gasteiger partial charge in [-0.15, -0.1) is 0 Å². The van der Waals surface area contributed by atoms with E-state index in [0.29, 0.717) is 17.2 Å². The van der Waals surface area contributed by atoms with E-state index >= 15 is 0 Å². The molecule has 3 heteroatoms. The summed E-state index contributed by atoms with van der Waals surface area (Å²) >= 11 is 5.77. The lowest BCUT2D eigenvalue weighted by atomic mass is 10.0. The van der Waals surface area contributed by atoms with Crippen LogP contribution in [-0.4, -0.2) is 17.5 Å². The predicted octanol–water partition coefficient (Wildman–Crippen LogP) is 3.10. The molecule has 1 aromatic rings. The van der Waals surface area contributed by atoms with Gasteiger partial charge >= 0.3 is 0 Å². The van der Waals surface area contributed by atoms with Crippen molar-refractivity contribution in [3.63, 3.8) is 0 Å². The van der Waals surface area contributed by atoms with Crippen LogP contribution in [0.15, 0.2) is 30.8 Å². The van der Waals surface area contributed by atoms with Crippen molar-refractivity contribution in [1.29, 1.82) is 0 Å². The zero-order valence-electron chi connectivity index (χ0n) is 8.96. The SMILES string of the molecule is C=C(c1ccc(Cl)cc1)C(C)(O)OCC. The topological polar surface area (TPSA) is 29.5 Å². The molecule has 0 aliphatic carbocycles. The van der Waals surface area contributed by atoms with Crippen LogP contribution in [0.4, 0.5) is 0 Å². The number of aliphatic hydroxyl groups is 1. The van der Waals surface area contributed by atoms with Crippen LogP contribution in [-0.2, 0) is 4.74 Å². The van der Waals surface area contributed by atoms with Crippen LogP contribution in [0.5, 0.6) is 0 Å². The van der Waals surface area contributed by atoms with E-state index in [1.807, 2.05) is 6.92 Å². The van der Waals surface area contributed by atoms with Crippen LogP contribution in [0.3, 0.4) is 0 Å². The molecule has 1 rings (SSSR count). The zero-order chi connectivity index (χ0) is 11.5. The number of halogens is 1. The Morgan fingerprint density at radius 3 is 2.47 bits per heavy atom. The summed E-state index contributed by atoms with van der Waals surface area (Å²) in [5, 5.41) is 10.6. The first-order chi connectivity index (χ1) is 6.97. The molecule has 0 spiro atoms. The van der Waals surface area contributed by atoms with Gasteiger partial charge in [-0.2, -0.15) is 0 Å². The average molecular weight is 227 g/mol. The maximum absolute atomic E-state index is 9.95. The Kier molecular flexibility index (Phi) is 3.91. The van der Waals surface area contributed by atoms with Gasteiger partial charge in [-0.1, -0.05) is 30.3 Å². The third-order valence-electron chi connectivity index (χ3n) is 2.18. The predicted molar refractivity (Wildman–Crippen MR) is 62.7 cm³/mol. The minimum absolute atomic E-state index is 0.430. The molecule has 0 fully saturated rings. The molecule has 0 amide bonds.